The van der Waals surface area contributed by atoms with E-state index in [1.165, 1.54) is 55.7 Å². The zero-order chi connectivity index (χ0) is 28.6. The number of hydrogen-bond acceptors (Lipinski definition) is 0. The Morgan fingerprint density at radius 1 is 1.02 bits per heavy atom. The van der Waals surface area contributed by atoms with Crippen LogP contribution in [0.15, 0.2) is 114 Å². The van der Waals surface area contributed by atoms with Gasteiger partial charge in [-0.1, -0.05) is 124 Å². The molecule has 0 radical (unpaired) electrons. The van der Waals surface area contributed by atoms with Crippen LogP contribution < -0.4 is 0 Å². The Hall–Kier alpha value is -3.38. The normalized spacial score (nSPS) is 25.0. The van der Waals surface area contributed by atoms with E-state index in [0.717, 1.165) is 37.7 Å². The fourth-order valence-electron chi connectivity index (χ4n) is 7.55. The van der Waals surface area contributed by atoms with Gasteiger partial charge in [0.15, 0.2) is 0 Å². The summed E-state index contributed by atoms with van der Waals surface area (Å²) >= 11 is 0. The largest absolute Gasteiger partial charge is 0.0995 e. The summed E-state index contributed by atoms with van der Waals surface area (Å²) in [5.74, 6) is 1.69. The molecule has 0 spiro atoms. The molecule has 1 fully saturated rings. The average Bonchev–Trinajstić information content (AvgIpc) is 3.52. The molecule has 0 heteroatoms. The Morgan fingerprint density at radius 2 is 1.80 bits per heavy atom. The third kappa shape index (κ3) is 5.22. The number of allylic oxidation sites excluding steroid dienone is 11. The molecule has 3 aliphatic carbocycles. The summed E-state index contributed by atoms with van der Waals surface area (Å²) in [6.07, 6.45) is 14.9. The predicted molar refractivity (Wildman–Crippen MR) is 175 cm³/mol. The summed E-state index contributed by atoms with van der Waals surface area (Å²) < 4.78 is 0. The van der Waals surface area contributed by atoms with E-state index in [2.05, 4.69) is 115 Å². The maximum absolute atomic E-state index is 4.79. The number of benzene rings is 2. The molecule has 0 aromatic heterocycles. The Balaban J connectivity index is 1.46. The molecule has 4 atom stereocenters. The first kappa shape index (κ1) is 28.2. The molecule has 0 aliphatic heterocycles. The summed E-state index contributed by atoms with van der Waals surface area (Å²) in [7, 11) is 0. The molecule has 0 bridgehead atoms. The lowest BCUT2D eigenvalue weighted by Gasteiger charge is -2.42. The van der Waals surface area contributed by atoms with Gasteiger partial charge in [0.05, 0.1) is 0 Å². The van der Waals surface area contributed by atoms with Gasteiger partial charge < -0.3 is 0 Å². The first-order valence-corrected chi connectivity index (χ1v) is 15.3. The van der Waals surface area contributed by atoms with E-state index in [4.69, 9.17) is 6.58 Å². The van der Waals surface area contributed by atoms with Crippen molar-refractivity contribution in [2.45, 2.75) is 72.6 Å². The minimum atomic E-state index is 0.359. The van der Waals surface area contributed by atoms with Gasteiger partial charge in [-0.3, -0.25) is 0 Å². The van der Waals surface area contributed by atoms with E-state index in [1.807, 2.05) is 0 Å². The molecule has 3 aliphatic rings. The van der Waals surface area contributed by atoms with Gasteiger partial charge >= 0.3 is 0 Å². The Kier molecular flexibility index (Phi) is 8.18. The first-order chi connectivity index (χ1) is 19.2. The van der Waals surface area contributed by atoms with Crippen molar-refractivity contribution < 1.29 is 0 Å². The van der Waals surface area contributed by atoms with Gasteiger partial charge in [-0.15, -0.1) is 0 Å². The van der Waals surface area contributed by atoms with Crippen molar-refractivity contribution in [1.82, 2.24) is 0 Å². The van der Waals surface area contributed by atoms with Crippen molar-refractivity contribution in [3.8, 4) is 0 Å². The van der Waals surface area contributed by atoms with Gasteiger partial charge in [0.1, 0.15) is 0 Å². The van der Waals surface area contributed by atoms with Crippen LogP contribution >= 0.6 is 0 Å². The third-order valence-corrected chi connectivity index (χ3v) is 9.54. The summed E-state index contributed by atoms with van der Waals surface area (Å²) in [5.41, 5.74) is 16.5. The fraction of sp³-hybridized carbons (Fsp3) is 0.350. The molecule has 5 rings (SSSR count). The molecule has 206 valence electrons. The van der Waals surface area contributed by atoms with Gasteiger partial charge in [-0.25, -0.2) is 0 Å². The van der Waals surface area contributed by atoms with Crippen LogP contribution in [0.25, 0.3) is 11.1 Å². The summed E-state index contributed by atoms with van der Waals surface area (Å²) in [6.45, 7) is 24.9. The van der Waals surface area contributed by atoms with Crippen LogP contribution in [0.3, 0.4) is 0 Å². The van der Waals surface area contributed by atoms with Crippen LogP contribution in [0.1, 0.15) is 87.1 Å². The van der Waals surface area contributed by atoms with Crippen molar-refractivity contribution >= 4 is 11.1 Å². The molecular weight excluding hydrogens is 480 g/mol. The van der Waals surface area contributed by atoms with Crippen molar-refractivity contribution in [2.75, 3.05) is 0 Å². The SMILES string of the molecule is C=C(C)c1ccc(C)c(C2=CC=C(C=C3CC4=CC(C)C(C(=C)CCC)C(c5ccccc5CC)C4C3=C)C2)c1. The molecule has 0 amide bonds. The summed E-state index contributed by atoms with van der Waals surface area (Å²) in [6, 6.07) is 15.9. The van der Waals surface area contributed by atoms with Crippen molar-refractivity contribution in [3.05, 3.63) is 142 Å². The fourth-order valence-corrected chi connectivity index (χ4v) is 7.55. The minimum absolute atomic E-state index is 0.359. The second-order valence-corrected chi connectivity index (χ2v) is 12.4. The number of hydrogen-bond donors (Lipinski definition) is 0. The summed E-state index contributed by atoms with van der Waals surface area (Å²) in [4.78, 5) is 0. The number of fused-ring (bicyclic) bond motifs is 1. The lowest BCUT2D eigenvalue weighted by molar-refractivity contribution is 0.321. The van der Waals surface area contributed by atoms with Crippen LogP contribution in [0, 0.1) is 24.7 Å². The summed E-state index contributed by atoms with van der Waals surface area (Å²) in [5, 5.41) is 0. The quantitative estimate of drug-likeness (QED) is 0.300. The van der Waals surface area contributed by atoms with Crippen LogP contribution in [0.4, 0.5) is 0 Å². The number of rotatable bonds is 8. The molecule has 1 saturated carbocycles. The van der Waals surface area contributed by atoms with E-state index in [0.29, 0.717) is 23.7 Å². The lowest BCUT2D eigenvalue weighted by Crippen LogP contribution is -2.32. The van der Waals surface area contributed by atoms with Crippen LogP contribution in [0.2, 0.25) is 0 Å². The highest BCUT2D eigenvalue weighted by atomic mass is 14.5. The molecule has 0 saturated heterocycles. The highest BCUT2D eigenvalue weighted by molar-refractivity contribution is 5.78. The van der Waals surface area contributed by atoms with Crippen molar-refractivity contribution in [2.24, 2.45) is 17.8 Å². The molecule has 0 nitrogen and oxygen atoms in total. The van der Waals surface area contributed by atoms with Crippen molar-refractivity contribution in [3.63, 3.8) is 0 Å². The van der Waals surface area contributed by atoms with Gasteiger partial charge in [0.25, 0.3) is 0 Å². The highest BCUT2D eigenvalue weighted by Crippen LogP contribution is 2.57. The monoisotopic (exact) mass is 526 g/mol. The van der Waals surface area contributed by atoms with Crippen LogP contribution in [0.5, 0.6) is 0 Å². The van der Waals surface area contributed by atoms with Crippen LogP contribution in [-0.4, -0.2) is 0 Å². The van der Waals surface area contributed by atoms with E-state index < -0.39 is 0 Å². The van der Waals surface area contributed by atoms with Gasteiger partial charge in [-0.2, -0.15) is 0 Å². The zero-order valence-corrected chi connectivity index (χ0v) is 25.3. The Bertz CT molecular complexity index is 1480. The van der Waals surface area contributed by atoms with Gasteiger partial charge in [0, 0.05) is 11.8 Å². The topological polar surface area (TPSA) is 0 Å². The molecule has 0 N–H and O–H groups in total. The lowest BCUT2D eigenvalue weighted by atomic mass is 9.61. The molecule has 0 heterocycles. The Morgan fingerprint density at radius 3 is 2.52 bits per heavy atom. The standard InChI is InChI=1S/C40H46/c1-9-13-27(6)38-28(7)20-35-23-34(29(8)39(35)40(38)36-15-12-11-14-31(36)10-2)22-30-17-19-33(21-30)37-24-32(25(3)4)18-16-26(37)5/h11-12,14-20,22,24,28,38-40H,3,6,8-10,13,21,23H2,1-2,4-5,7H3. The zero-order valence-electron chi connectivity index (χ0n) is 25.3. The predicted octanol–water partition coefficient (Wildman–Crippen LogP) is 11.1. The molecular formula is C40H46. The Labute approximate surface area is 243 Å². The van der Waals surface area contributed by atoms with E-state index in [-0.39, 0.29) is 0 Å². The molecule has 40 heavy (non-hydrogen) atoms. The number of aryl methyl sites for hydroxylation is 2. The van der Waals surface area contributed by atoms with Crippen molar-refractivity contribution in [1.29, 1.82) is 0 Å². The van der Waals surface area contributed by atoms with E-state index >= 15 is 0 Å². The maximum atomic E-state index is 4.79. The smallest absolute Gasteiger partial charge is 0.0123 e. The first-order valence-electron chi connectivity index (χ1n) is 15.3. The van der Waals surface area contributed by atoms with Gasteiger partial charge in [0.2, 0.25) is 0 Å². The molecule has 4 unspecified atom stereocenters. The van der Waals surface area contributed by atoms with Gasteiger partial charge in [-0.05, 0) is 108 Å². The maximum Gasteiger partial charge on any atom is 0.0123 e. The third-order valence-electron chi connectivity index (χ3n) is 9.54. The molecule has 2 aromatic carbocycles. The highest BCUT2D eigenvalue weighted by Gasteiger charge is 2.45. The average molecular weight is 527 g/mol. The second kappa shape index (κ2) is 11.6. The second-order valence-electron chi connectivity index (χ2n) is 12.4. The minimum Gasteiger partial charge on any atom is -0.0995 e. The van der Waals surface area contributed by atoms with E-state index in [9.17, 15) is 0 Å². The van der Waals surface area contributed by atoms with Crippen LogP contribution in [-0.2, 0) is 6.42 Å². The van der Waals surface area contributed by atoms with E-state index in [1.54, 1.807) is 5.57 Å². The molecule has 2 aromatic rings.